The molecule has 4 rings (SSSR count). The van der Waals surface area contributed by atoms with Crippen molar-refractivity contribution in [3.63, 3.8) is 0 Å². The number of nitrogen functional groups attached to an aromatic ring is 1. The van der Waals surface area contributed by atoms with Crippen LogP contribution in [-0.2, 0) is 0 Å². The van der Waals surface area contributed by atoms with E-state index in [1.807, 2.05) is 30.3 Å². The average Bonchev–Trinajstić information content (AvgIpc) is 3.29. The van der Waals surface area contributed by atoms with Crippen molar-refractivity contribution in [3.8, 4) is 39.9 Å². The molecule has 0 saturated carbocycles. The van der Waals surface area contributed by atoms with Gasteiger partial charge in [0.25, 0.3) is 0 Å². The molecule has 2 aromatic carbocycles. The minimum Gasteiger partial charge on any atom is -0.495 e. The number of anilines is 1. The lowest BCUT2D eigenvalue weighted by atomic mass is 10.1. The molecule has 1 aromatic heterocycles. The molecular weight excluding hydrogens is 324 g/mol. The summed E-state index contributed by atoms with van der Waals surface area (Å²) in [5.74, 6) is 2.37. The number of benzene rings is 2. The third kappa shape index (κ3) is 2.47. The molecule has 0 spiro atoms. The van der Waals surface area contributed by atoms with Gasteiger partial charge in [-0.15, -0.1) is 5.10 Å². The van der Waals surface area contributed by atoms with Crippen molar-refractivity contribution in [3.05, 3.63) is 36.5 Å². The normalized spacial score (nSPS) is 12.2. The van der Waals surface area contributed by atoms with Gasteiger partial charge in [0, 0.05) is 17.7 Å². The molecule has 1 aliphatic rings. The Bertz CT molecular complexity index is 938. The SMILES string of the molecule is COc1ccc(-c2cnnn2-c2cc(OC)c3c(c2)OCO3)cc1N. The Morgan fingerprint density at radius 1 is 1.08 bits per heavy atom. The molecule has 0 saturated heterocycles. The summed E-state index contributed by atoms with van der Waals surface area (Å²) in [5.41, 5.74) is 8.93. The number of methoxy groups -OCH3 is 2. The zero-order valence-electron chi connectivity index (χ0n) is 13.7. The van der Waals surface area contributed by atoms with E-state index in [4.69, 9.17) is 24.7 Å². The van der Waals surface area contributed by atoms with Gasteiger partial charge in [-0.05, 0) is 18.2 Å². The van der Waals surface area contributed by atoms with E-state index >= 15 is 0 Å². The lowest BCUT2D eigenvalue weighted by Crippen LogP contribution is -2.01. The van der Waals surface area contributed by atoms with Gasteiger partial charge in [-0.3, -0.25) is 0 Å². The maximum absolute atomic E-state index is 6.01. The molecule has 8 heteroatoms. The van der Waals surface area contributed by atoms with Crippen molar-refractivity contribution in [2.75, 3.05) is 26.7 Å². The Morgan fingerprint density at radius 3 is 2.68 bits per heavy atom. The first kappa shape index (κ1) is 15.1. The standard InChI is InChI=1S/C17H16N4O4/c1-22-14-4-3-10(5-12(14)18)13-8-19-20-21(13)11-6-15(23-2)17-16(7-11)24-9-25-17/h3-8H,9,18H2,1-2H3. The summed E-state index contributed by atoms with van der Waals surface area (Å²) >= 11 is 0. The fraction of sp³-hybridized carbons (Fsp3) is 0.176. The van der Waals surface area contributed by atoms with Crippen molar-refractivity contribution in [2.45, 2.75) is 0 Å². The number of fused-ring (bicyclic) bond motifs is 1. The van der Waals surface area contributed by atoms with Crippen LogP contribution >= 0.6 is 0 Å². The van der Waals surface area contributed by atoms with E-state index in [0.29, 0.717) is 28.7 Å². The predicted octanol–water partition coefficient (Wildman–Crippen LogP) is 2.26. The molecule has 2 heterocycles. The molecule has 0 fully saturated rings. The summed E-state index contributed by atoms with van der Waals surface area (Å²) in [6.07, 6.45) is 1.66. The van der Waals surface area contributed by atoms with Crippen molar-refractivity contribution < 1.29 is 18.9 Å². The van der Waals surface area contributed by atoms with E-state index in [0.717, 1.165) is 16.9 Å². The first-order chi connectivity index (χ1) is 12.2. The molecule has 0 atom stereocenters. The highest BCUT2D eigenvalue weighted by atomic mass is 16.7. The molecule has 0 amide bonds. The molecule has 0 unspecified atom stereocenters. The molecule has 2 N–H and O–H groups in total. The number of rotatable bonds is 4. The van der Waals surface area contributed by atoms with E-state index in [1.165, 1.54) is 0 Å². The van der Waals surface area contributed by atoms with Crippen LogP contribution in [0.5, 0.6) is 23.0 Å². The van der Waals surface area contributed by atoms with Crippen LogP contribution in [0.2, 0.25) is 0 Å². The van der Waals surface area contributed by atoms with Gasteiger partial charge in [0.15, 0.2) is 11.5 Å². The first-order valence-electron chi connectivity index (χ1n) is 7.54. The number of aromatic nitrogens is 3. The predicted molar refractivity (Wildman–Crippen MR) is 90.4 cm³/mol. The van der Waals surface area contributed by atoms with Gasteiger partial charge >= 0.3 is 0 Å². The molecule has 8 nitrogen and oxygen atoms in total. The molecule has 1 aliphatic heterocycles. The van der Waals surface area contributed by atoms with Gasteiger partial charge in [0.2, 0.25) is 12.5 Å². The third-order valence-electron chi connectivity index (χ3n) is 3.96. The molecule has 3 aromatic rings. The van der Waals surface area contributed by atoms with Gasteiger partial charge in [-0.2, -0.15) is 0 Å². The molecule has 0 bridgehead atoms. The highest BCUT2D eigenvalue weighted by molar-refractivity contribution is 5.70. The zero-order valence-corrected chi connectivity index (χ0v) is 13.7. The summed E-state index contributed by atoms with van der Waals surface area (Å²) in [7, 11) is 3.16. The van der Waals surface area contributed by atoms with E-state index in [9.17, 15) is 0 Å². The van der Waals surface area contributed by atoms with Crippen molar-refractivity contribution in [1.29, 1.82) is 0 Å². The summed E-state index contributed by atoms with van der Waals surface area (Å²) in [5, 5.41) is 8.20. The second kappa shape index (κ2) is 5.90. The Hall–Kier alpha value is -3.42. The van der Waals surface area contributed by atoms with Crippen LogP contribution in [0, 0.1) is 0 Å². The van der Waals surface area contributed by atoms with E-state index in [1.54, 1.807) is 25.1 Å². The number of nitrogens with zero attached hydrogens (tertiary/aromatic N) is 3. The Morgan fingerprint density at radius 2 is 1.92 bits per heavy atom. The minimum atomic E-state index is 0.161. The van der Waals surface area contributed by atoms with Crippen LogP contribution in [0.15, 0.2) is 36.5 Å². The van der Waals surface area contributed by atoms with Crippen LogP contribution < -0.4 is 24.7 Å². The van der Waals surface area contributed by atoms with Gasteiger partial charge in [-0.25, -0.2) is 4.68 Å². The van der Waals surface area contributed by atoms with Crippen molar-refractivity contribution >= 4 is 5.69 Å². The quantitative estimate of drug-likeness (QED) is 0.728. The van der Waals surface area contributed by atoms with Crippen LogP contribution in [0.25, 0.3) is 16.9 Å². The number of ether oxygens (including phenoxy) is 4. The van der Waals surface area contributed by atoms with Crippen molar-refractivity contribution in [1.82, 2.24) is 15.0 Å². The Balaban J connectivity index is 1.82. The number of hydrogen-bond donors (Lipinski definition) is 1. The maximum Gasteiger partial charge on any atom is 0.231 e. The molecular formula is C17H16N4O4. The minimum absolute atomic E-state index is 0.161. The first-order valence-corrected chi connectivity index (χ1v) is 7.54. The van der Waals surface area contributed by atoms with E-state index in [2.05, 4.69) is 10.3 Å². The second-order valence-corrected chi connectivity index (χ2v) is 5.37. The molecule has 0 aliphatic carbocycles. The summed E-state index contributed by atoms with van der Waals surface area (Å²) < 4.78 is 23.2. The lowest BCUT2D eigenvalue weighted by Gasteiger charge is -2.11. The number of hydrogen-bond acceptors (Lipinski definition) is 7. The lowest BCUT2D eigenvalue weighted by molar-refractivity contribution is 0.171. The second-order valence-electron chi connectivity index (χ2n) is 5.37. The highest BCUT2D eigenvalue weighted by Gasteiger charge is 2.22. The smallest absolute Gasteiger partial charge is 0.231 e. The van der Waals surface area contributed by atoms with Crippen LogP contribution in [0.3, 0.4) is 0 Å². The summed E-state index contributed by atoms with van der Waals surface area (Å²) in [6, 6.07) is 9.17. The van der Waals surface area contributed by atoms with Gasteiger partial charge in [-0.1, -0.05) is 5.21 Å². The van der Waals surface area contributed by atoms with Gasteiger partial charge in [0.1, 0.15) is 5.75 Å². The molecule has 128 valence electrons. The summed E-state index contributed by atoms with van der Waals surface area (Å²) in [6.45, 7) is 0.161. The zero-order chi connectivity index (χ0) is 17.4. The fourth-order valence-corrected chi connectivity index (χ4v) is 2.75. The Kier molecular flexibility index (Phi) is 3.57. The van der Waals surface area contributed by atoms with Gasteiger partial charge < -0.3 is 24.7 Å². The largest absolute Gasteiger partial charge is 0.495 e. The van der Waals surface area contributed by atoms with Crippen LogP contribution in [-0.4, -0.2) is 36.0 Å². The average molecular weight is 340 g/mol. The van der Waals surface area contributed by atoms with Crippen molar-refractivity contribution in [2.24, 2.45) is 0 Å². The van der Waals surface area contributed by atoms with Gasteiger partial charge in [0.05, 0.1) is 37.5 Å². The van der Waals surface area contributed by atoms with E-state index < -0.39 is 0 Å². The maximum atomic E-state index is 6.01. The third-order valence-corrected chi connectivity index (χ3v) is 3.96. The van der Waals surface area contributed by atoms with E-state index in [-0.39, 0.29) is 6.79 Å². The van der Waals surface area contributed by atoms with Crippen LogP contribution in [0.1, 0.15) is 0 Å². The fourth-order valence-electron chi connectivity index (χ4n) is 2.75. The number of nitrogens with two attached hydrogens (primary N) is 1. The molecule has 25 heavy (non-hydrogen) atoms. The summed E-state index contributed by atoms with van der Waals surface area (Å²) in [4.78, 5) is 0. The molecule has 0 radical (unpaired) electrons. The monoisotopic (exact) mass is 340 g/mol. The highest BCUT2D eigenvalue weighted by Crippen LogP contribution is 2.43. The Labute approximate surface area is 143 Å². The topological polar surface area (TPSA) is 93.7 Å². The van der Waals surface area contributed by atoms with Crippen LogP contribution in [0.4, 0.5) is 5.69 Å².